The predicted octanol–water partition coefficient (Wildman–Crippen LogP) is 3.41. The molecule has 0 amide bonds. The van der Waals surface area contributed by atoms with Gasteiger partial charge in [-0.3, -0.25) is 4.68 Å². The maximum Gasteiger partial charge on any atom is 0.142 e. The fourth-order valence-corrected chi connectivity index (χ4v) is 2.50. The topological polar surface area (TPSA) is 29.9 Å². The quantitative estimate of drug-likeness (QED) is 0.916. The predicted molar refractivity (Wildman–Crippen MR) is 79.5 cm³/mol. The number of aryl methyl sites for hydroxylation is 2. The molecule has 1 aromatic carbocycles. The van der Waals surface area contributed by atoms with E-state index in [1.54, 1.807) is 6.07 Å². The van der Waals surface area contributed by atoms with Crippen LogP contribution in [0.5, 0.6) is 0 Å². The van der Waals surface area contributed by atoms with E-state index in [2.05, 4.69) is 23.4 Å². The summed E-state index contributed by atoms with van der Waals surface area (Å²) in [6, 6.07) is 7.12. The minimum absolute atomic E-state index is 0.103. The van der Waals surface area contributed by atoms with E-state index in [0.29, 0.717) is 6.42 Å². The first kappa shape index (κ1) is 15.0. The summed E-state index contributed by atoms with van der Waals surface area (Å²) < 4.78 is 15.4. The van der Waals surface area contributed by atoms with Crippen LogP contribution in [-0.4, -0.2) is 16.3 Å². The molecule has 1 heterocycles. The number of hydrogen-bond acceptors (Lipinski definition) is 2. The summed E-state index contributed by atoms with van der Waals surface area (Å²) in [5.74, 6) is -0.374. The monoisotopic (exact) mass is 295 g/mol. The molecule has 5 heteroatoms. The van der Waals surface area contributed by atoms with Crippen molar-refractivity contribution in [2.75, 3.05) is 6.54 Å². The summed E-state index contributed by atoms with van der Waals surface area (Å²) in [4.78, 5) is 0. The second-order valence-corrected chi connectivity index (χ2v) is 5.30. The van der Waals surface area contributed by atoms with Gasteiger partial charge in [0.1, 0.15) is 5.82 Å². The first-order chi connectivity index (χ1) is 9.51. The Morgan fingerprint density at radius 1 is 1.40 bits per heavy atom. The van der Waals surface area contributed by atoms with Crippen LogP contribution in [-0.2, 0) is 13.5 Å². The van der Waals surface area contributed by atoms with Crippen LogP contribution in [0.25, 0.3) is 0 Å². The lowest BCUT2D eigenvalue weighted by Gasteiger charge is -2.18. The molecule has 1 N–H and O–H groups in total. The number of halogens is 2. The Bertz CT molecular complexity index is 595. The maximum atomic E-state index is 13.5. The Balaban J connectivity index is 2.25. The average Bonchev–Trinajstić information content (AvgIpc) is 2.72. The number of aromatic nitrogens is 2. The number of benzene rings is 1. The lowest BCUT2D eigenvalue weighted by atomic mass is 10.0. The van der Waals surface area contributed by atoms with Crippen molar-refractivity contribution >= 4 is 11.6 Å². The van der Waals surface area contributed by atoms with Gasteiger partial charge in [0.25, 0.3) is 0 Å². The third-order valence-corrected chi connectivity index (χ3v) is 3.58. The molecule has 0 bridgehead atoms. The molecule has 108 valence electrons. The summed E-state index contributed by atoms with van der Waals surface area (Å²) >= 11 is 5.72. The molecule has 3 nitrogen and oxygen atoms in total. The summed E-state index contributed by atoms with van der Waals surface area (Å²) in [7, 11) is 1.93. The number of rotatable bonds is 5. The van der Waals surface area contributed by atoms with E-state index in [4.69, 9.17) is 11.6 Å². The van der Waals surface area contributed by atoms with Gasteiger partial charge in [0.15, 0.2) is 0 Å². The van der Waals surface area contributed by atoms with Gasteiger partial charge >= 0.3 is 0 Å². The van der Waals surface area contributed by atoms with Crippen LogP contribution in [0, 0.1) is 12.7 Å². The van der Waals surface area contributed by atoms with Crippen LogP contribution in [0.15, 0.2) is 24.3 Å². The Morgan fingerprint density at radius 2 is 2.15 bits per heavy atom. The molecule has 0 aliphatic heterocycles. The molecule has 0 spiro atoms. The van der Waals surface area contributed by atoms with Gasteiger partial charge < -0.3 is 5.32 Å². The second-order valence-electron chi connectivity index (χ2n) is 4.90. The van der Waals surface area contributed by atoms with E-state index < -0.39 is 0 Å². The van der Waals surface area contributed by atoms with Crippen molar-refractivity contribution in [1.82, 2.24) is 15.1 Å². The summed E-state index contributed by atoms with van der Waals surface area (Å²) in [5.41, 5.74) is 2.99. The standard InChI is InChI=1S/C15H19ClFN3/c1-4-18-14(15-7-10(2)19-20(15)3)9-11-5-6-12(16)13(17)8-11/h5-8,14,18H,4,9H2,1-3H3. The van der Waals surface area contributed by atoms with Gasteiger partial charge in [-0.1, -0.05) is 24.6 Å². The van der Waals surface area contributed by atoms with E-state index in [9.17, 15) is 4.39 Å². The van der Waals surface area contributed by atoms with E-state index >= 15 is 0 Å². The van der Waals surface area contributed by atoms with Gasteiger partial charge in [-0.2, -0.15) is 5.10 Å². The highest BCUT2D eigenvalue weighted by atomic mass is 35.5. The molecule has 20 heavy (non-hydrogen) atoms. The van der Waals surface area contributed by atoms with Gasteiger partial charge in [-0.05, 0) is 43.7 Å². The highest BCUT2D eigenvalue weighted by molar-refractivity contribution is 6.30. The van der Waals surface area contributed by atoms with Crippen LogP contribution >= 0.6 is 11.6 Å². The molecule has 1 unspecified atom stereocenters. The van der Waals surface area contributed by atoms with Crippen LogP contribution in [0.2, 0.25) is 5.02 Å². The minimum Gasteiger partial charge on any atom is -0.309 e. The van der Waals surface area contributed by atoms with Crippen LogP contribution in [0.1, 0.15) is 29.9 Å². The molecule has 2 rings (SSSR count). The van der Waals surface area contributed by atoms with E-state index in [0.717, 1.165) is 23.5 Å². The van der Waals surface area contributed by atoms with Crippen molar-refractivity contribution in [3.05, 3.63) is 52.1 Å². The van der Waals surface area contributed by atoms with Crippen molar-refractivity contribution in [1.29, 1.82) is 0 Å². The molecule has 1 aromatic heterocycles. The zero-order valence-electron chi connectivity index (χ0n) is 12.0. The number of likely N-dealkylation sites (N-methyl/N-ethyl adjacent to an activating group) is 1. The fourth-order valence-electron chi connectivity index (χ4n) is 2.39. The molecule has 1 atom stereocenters. The SMILES string of the molecule is CCNC(Cc1ccc(Cl)c(F)c1)c1cc(C)nn1C. The van der Waals surface area contributed by atoms with Crippen molar-refractivity contribution in [3.8, 4) is 0 Å². The zero-order valence-corrected chi connectivity index (χ0v) is 12.7. The summed E-state index contributed by atoms with van der Waals surface area (Å²) in [6.45, 7) is 4.86. The third-order valence-electron chi connectivity index (χ3n) is 3.27. The van der Waals surface area contributed by atoms with Crippen molar-refractivity contribution in [2.45, 2.75) is 26.3 Å². The minimum atomic E-state index is -0.374. The van der Waals surface area contributed by atoms with Crippen LogP contribution in [0.4, 0.5) is 4.39 Å². The first-order valence-corrected chi connectivity index (χ1v) is 7.07. The average molecular weight is 296 g/mol. The van der Waals surface area contributed by atoms with Gasteiger partial charge in [-0.15, -0.1) is 0 Å². The molecule has 0 aliphatic rings. The largest absolute Gasteiger partial charge is 0.309 e. The normalized spacial score (nSPS) is 12.7. The van der Waals surface area contributed by atoms with E-state index in [1.165, 1.54) is 6.07 Å². The van der Waals surface area contributed by atoms with Crippen LogP contribution in [0.3, 0.4) is 0 Å². The van der Waals surface area contributed by atoms with Gasteiger partial charge in [0.2, 0.25) is 0 Å². The molecule has 0 radical (unpaired) electrons. The lowest BCUT2D eigenvalue weighted by Crippen LogP contribution is -2.25. The first-order valence-electron chi connectivity index (χ1n) is 6.69. The van der Waals surface area contributed by atoms with E-state index in [-0.39, 0.29) is 16.9 Å². The molecule has 0 fully saturated rings. The second kappa shape index (κ2) is 6.37. The molecule has 0 saturated carbocycles. The highest BCUT2D eigenvalue weighted by Crippen LogP contribution is 2.22. The van der Waals surface area contributed by atoms with Gasteiger partial charge in [0, 0.05) is 7.05 Å². The smallest absolute Gasteiger partial charge is 0.142 e. The number of nitrogens with zero attached hydrogens (tertiary/aromatic N) is 2. The molecule has 2 aromatic rings. The third kappa shape index (κ3) is 3.38. The Morgan fingerprint density at radius 3 is 2.70 bits per heavy atom. The molecule has 0 aliphatic carbocycles. The van der Waals surface area contributed by atoms with Crippen molar-refractivity contribution in [2.24, 2.45) is 7.05 Å². The highest BCUT2D eigenvalue weighted by Gasteiger charge is 2.16. The van der Waals surface area contributed by atoms with Crippen molar-refractivity contribution in [3.63, 3.8) is 0 Å². The number of hydrogen-bond donors (Lipinski definition) is 1. The maximum absolute atomic E-state index is 13.5. The molecular formula is C15H19ClFN3. The summed E-state index contributed by atoms with van der Waals surface area (Å²) in [5, 5.41) is 7.95. The Kier molecular flexibility index (Phi) is 4.78. The fraction of sp³-hybridized carbons (Fsp3) is 0.400. The Labute approximate surface area is 123 Å². The Hall–Kier alpha value is -1.39. The molecule has 0 saturated heterocycles. The number of nitrogens with one attached hydrogen (secondary N) is 1. The van der Waals surface area contributed by atoms with Gasteiger partial charge in [-0.25, -0.2) is 4.39 Å². The van der Waals surface area contributed by atoms with E-state index in [1.807, 2.05) is 24.7 Å². The van der Waals surface area contributed by atoms with Crippen LogP contribution < -0.4 is 5.32 Å². The summed E-state index contributed by atoms with van der Waals surface area (Å²) in [6.07, 6.45) is 0.695. The zero-order chi connectivity index (χ0) is 14.7. The van der Waals surface area contributed by atoms with Gasteiger partial charge in [0.05, 0.1) is 22.5 Å². The molecular weight excluding hydrogens is 277 g/mol. The van der Waals surface area contributed by atoms with Crippen molar-refractivity contribution < 1.29 is 4.39 Å². The lowest BCUT2D eigenvalue weighted by molar-refractivity contribution is 0.506.